The highest BCUT2D eigenvalue weighted by atomic mass is 19.1. The summed E-state index contributed by atoms with van der Waals surface area (Å²) in [5, 5.41) is 13.9. The van der Waals surface area contributed by atoms with E-state index < -0.39 is 22.2 Å². The molecule has 0 bridgehead atoms. The standard InChI is InChI=1S/C12H16F2N2O2/c1-3-10(15-4-2)6-8-5-9(13)7-11(14)12(8)16(17)18/h5,7,10,15H,3-4,6H2,1-2H3. The first kappa shape index (κ1) is 14.5. The first-order valence-electron chi connectivity index (χ1n) is 5.85. The van der Waals surface area contributed by atoms with Gasteiger partial charge in [-0.25, -0.2) is 4.39 Å². The number of rotatable bonds is 6. The summed E-state index contributed by atoms with van der Waals surface area (Å²) in [4.78, 5) is 10.0. The van der Waals surface area contributed by atoms with Gasteiger partial charge in [-0.05, 0) is 25.5 Å². The molecule has 4 nitrogen and oxygen atoms in total. The second-order valence-corrected chi connectivity index (χ2v) is 4.02. The molecule has 1 N–H and O–H groups in total. The molecule has 1 atom stereocenters. The molecule has 100 valence electrons. The minimum atomic E-state index is -1.12. The van der Waals surface area contributed by atoms with E-state index in [1.165, 1.54) is 0 Å². The van der Waals surface area contributed by atoms with Gasteiger partial charge in [0.15, 0.2) is 0 Å². The molecule has 0 spiro atoms. The summed E-state index contributed by atoms with van der Waals surface area (Å²) < 4.78 is 26.5. The van der Waals surface area contributed by atoms with E-state index in [9.17, 15) is 18.9 Å². The van der Waals surface area contributed by atoms with Crippen LogP contribution in [0.1, 0.15) is 25.8 Å². The topological polar surface area (TPSA) is 55.2 Å². The number of benzene rings is 1. The lowest BCUT2D eigenvalue weighted by atomic mass is 10.0. The van der Waals surface area contributed by atoms with E-state index in [0.29, 0.717) is 12.6 Å². The van der Waals surface area contributed by atoms with Gasteiger partial charge in [0.2, 0.25) is 5.82 Å². The van der Waals surface area contributed by atoms with Crippen LogP contribution in [0.15, 0.2) is 12.1 Å². The van der Waals surface area contributed by atoms with Crippen LogP contribution in [0, 0.1) is 21.7 Å². The quantitative estimate of drug-likeness (QED) is 0.630. The number of nitrogens with one attached hydrogen (secondary N) is 1. The van der Waals surface area contributed by atoms with Crippen molar-refractivity contribution in [2.45, 2.75) is 32.7 Å². The summed E-state index contributed by atoms with van der Waals surface area (Å²) in [5.74, 6) is -1.92. The first-order valence-corrected chi connectivity index (χ1v) is 5.85. The fourth-order valence-electron chi connectivity index (χ4n) is 1.89. The van der Waals surface area contributed by atoms with Gasteiger partial charge in [0.05, 0.1) is 4.92 Å². The van der Waals surface area contributed by atoms with E-state index in [1.54, 1.807) is 0 Å². The van der Waals surface area contributed by atoms with Crippen molar-refractivity contribution in [3.05, 3.63) is 39.4 Å². The smallest absolute Gasteiger partial charge is 0.308 e. The predicted molar refractivity (Wildman–Crippen MR) is 64.5 cm³/mol. The van der Waals surface area contributed by atoms with E-state index in [1.807, 2.05) is 13.8 Å². The Morgan fingerprint density at radius 3 is 2.56 bits per heavy atom. The molecule has 0 aliphatic heterocycles. The molecule has 0 fully saturated rings. The maximum absolute atomic E-state index is 13.4. The third-order valence-electron chi connectivity index (χ3n) is 2.74. The normalized spacial score (nSPS) is 12.4. The second kappa shape index (κ2) is 6.39. The van der Waals surface area contributed by atoms with Crippen LogP contribution >= 0.6 is 0 Å². The number of halogens is 2. The lowest BCUT2D eigenvalue weighted by Gasteiger charge is -2.15. The van der Waals surface area contributed by atoms with Crippen molar-refractivity contribution < 1.29 is 13.7 Å². The van der Waals surface area contributed by atoms with Gasteiger partial charge >= 0.3 is 5.69 Å². The Bertz CT molecular complexity index is 438. The predicted octanol–water partition coefficient (Wildman–Crippen LogP) is 2.80. The Kier molecular flexibility index (Phi) is 5.15. The third-order valence-corrected chi connectivity index (χ3v) is 2.74. The third kappa shape index (κ3) is 3.46. The van der Waals surface area contributed by atoms with Crippen LogP contribution in [0.2, 0.25) is 0 Å². The number of hydrogen-bond acceptors (Lipinski definition) is 3. The molecule has 0 saturated heterocycles. The number of likely N-dealkylation sites (N-methyl/N-ethyl adjacent to an activating group) is 1. The van der Waals surface area contributed by atoms with Crippen molar-refractivity contribution >= 4 is 5.69 Å². The maximum atomic E-state index is 13.4. The fourth-order valence-corrected chi connectivity index (χ4v) is 1.89. The first-order chi connectivity index (χ1) is 8.49. The number of nitrogens with zero attached hydrogens (tertiary/aromatic N) is 1. The van der Waals surface area contributed by atoms with Gasteiger partial charge in [-0.15, -0.1) is 0 Å². The van der Waals surface area contributed by atoms with E-state index >= 15 is 0 Å². The van der Waals surface area contributed by atoms with Crippen molar-refractivity contribution in [2.75, 3.05) is 6.54 Å². The highest BCUT2D eigenvalue weighted by Crippen LogP contribution is 2.25. The molecule has 0 aromatic heterocycles. The summed E-state index contributed by atoms with van der Waals surface area (Å²) in [7, 11) is 0. The molecule has 0 aliphatic carbocycles. The highest BCUT2D eigenvalue weighted by Gasteiger charge is 2.23. The van der Waals surface area contributed by atoms with Gasteiger partial charge in [0.25, 0.3) is 0 Å². The molecule has 1 aromatic rings. The molecule has 0 radical (unpaired) electrons. The van der Waals surface area contributed by atoms with Crippen LogP contribution < -0.4 is 5.32 Å². The van der Waals surface area contributed by atoms with Gasteiger partial charge in [-0.3, -0.25) is 10.1 Å². The SMILES string of the molecule is CCNC(CC)Cc1cc(F)cc(F)c1[N+](=O)[O-]. The van der Waals surface area contributed by atoms with E-state index in [4.69, 9.17) is 0 Å². The zero-order chi connectivity index (χ0) is 13.7. The van der Waals surface area contributed by atoms with Crippen LogP contribution in [0.5, 0.6) is 0 Å². The molecule has 0 heterocycles. The molecule has 0 aliphatic rings. The lowest BCUT2D eigenvalue weighted by Crippen LogP contribution is -2.30. The van der Waals surface area contributed by atoms with Crippen molar-refractivity contribution in [3.8, 4) is 0 Å². The summed E-state index contributed by atoms with van der Waals surface area (Å²) in [5.41, 5.74) is -0.543. The number of nitro benzene ring substituents is 1. The molecular formula is C12H16F2N2O2. The Morgan fingerprint density at radius 2 is 2.06 bits per heavy atom. The van der Waals surface area contributed by atoms with Crippen LogP contribution in [0.25, 0.3) is 0 Å². The zero-order valence-corrected chi connectivity index (χ0v) is 10.4. The second-order valence-electron chi connectivity index (χ2n) is 4.02. The van der Waals surface area contributed by atoms with E-state index in [0.717, 1.165) is 12.5 Å². The van der Waals surface area contributed by atoms with Crippen LogP contribution in [0.4, 0.5) is 14.5 Å². The maximum Gasteiger partial charge on any atom is 0.308 e. The molecule has 1 aromatic carbocycles. The molecular weight excluding hydrogens is 242 g/mol. The van der Waals surface area contributed by atoms with E-state index in [2.05, 4.69) is 5.32 Å². The zero-order valence-electron chi connectivity index (χ0n) is 10.4. The molecule has 6 heteroatoms. The Labute approximate surface area is 104 Å². The van der Waals surface area contributed by atoms with Crippen LogP contribution in [-0.2, 0) is 6.42 Å². The molecule has 1 unspecified atom stereocenters. The van der Waals surface area contributed by atoms with Crippen molar-refractivity contribution in [1.82, 2.24) is 5.32 Å². The summed E-state index contributed by atoms with van der Waals surface area (Å²) >= 11 is 0. The van der Waals surface area contributed by atoms with Crippen LogP contribution in [-0.4, -0.2) is 17.5 Å². The van der Waals surface area contributed by atoms with E-state index in [-0.39, 0.29) is 18.0 Å². The molecule has 18 heavy (non-hydrogen) atoms. The van der Waals surface area contributed by atoms with Crippen LogP contribution in [0.3, 0.4) is 0 Å². The average Bonchev–Trinajstić information content (AvgIpc) is 2.26. The van der Waals surface area contributed by atoms with Crippen molar-refractivity contribution in [2.24, 2.45) is 0 Å². The Morgan fingerprint density at radius 1 is 1.39 bits per heavy atom. The highest BCUT2D eigenvalue weighted by molar-refractivity contribution is 5.42. The minimum absolute atomic E-state index is 0.0325. The monoisotopic (exact) mass is 258 g/mol. The number of nitro groups is 1. The molecule has 0 amide bonds. The summed E-state index contributed by atoms with van der Waals surface area (Å²) in [6, 6.07) is 1.53. The van der Waals surface area contributed by atoms with Gasteiger partial charge < -0.3 is 5.32 Å². The van der Waals surface area contributed by atoms with Gasteiger partial charge in [0.1, 0.15) is 5.82 Å². The average molecular weight is 258 g/mol. The van der Waals surface area contributed by atoms with Gasteiger partial charge in [-0.1, -0.05) is 13.8 Å². The number of hydrogen-bond donors (Lipinski definition) is 1. The largest absolute Gasteiger partial charge is 0.314 e. The van der Waals surface area contributed by atoms with Crippen molar-refractivity contribution in [1.29, 1.82) is 0 Å². The van der Waals surface area contributed by atoms with Gasteiger partial charge in [0, 0.05) is 17.7 Å². The lowest BCUT2D eigenvalue weighted by molar-refractivity contribution is -0.388. The molecule has 1 rings (SSSR count). The summed E-state index contributed by atoms with van der Waals surface area (Å²) in [6.07, 6.45) is 0.957. The Hall–Kier alpha value is -1.56. The fraction of sp³-hybridized carbons (Fsp3) is 0.500. The minimum Gasteiger partial charge on any atom is -0.314 e. The van der Waals surface area contributed by atoms with Gasteiger partial charge in [-0.2, -0.15) is 4.39 Å². The summed E-state index contributed by atoms with van der Waals surface area (Å²) in [6.45, 7) is 4.52. The molecule has 0 saturated carbocycles. The Balaban J connectivity index is 3.09. The van der Waals surface area contributed by atoms with Crippen molar-refractivity contribution in [3.63, 3.8) is 0 Å².